The molecule has 0 fully saturated rings. The molecule has 0 unspecified atom stereocenters. The van der Waals surface area contributed by atoms with Gasteiger partial charge in [-0.2, -0.15) is 0 Å². The highest BCUT2D eigenvalue weighted by Gasteiger charge is 2.04. The van der Waals surface area contributed by atoms with Gasteiger partial charge in [-0.05, 0) is 29.8 Å². The minimum absolute atomic E-state index is 0.181. The molecule has 0 aliphatic heterocycles. The molecule has 19 heavy (non-hydrogen) atoms. The van der Waals surface area contributed by atoms with Crippen LogP contribution in [0.25, 0.3) is 11.3 Å². The van der Waals surface area contributed by atoms with Gasteiger partial charge in [0.25, 0.3) is 0 Å². The Morgan fingerprint density at radius 1 is 1.37 bits per heavy atom. The molecule has 0 aliphatic rings. The normalized spacial score (nSPS) is 11.4. The highest BCUT2D eigenvalue weighted by molar-refractivity contribution is 7.07. The number of nitrogens with one attached hydrogen (secondary N) is 1. The smallest absolute Gasteiger partial charge is 0.237 e. The number of carbonyl (C=O) groups excluding carboxylic acids is 1. The van der Waals surface area contributed by atoms with Gasteiger partial charge in [0.05, 0.1) is 12.8 Å². The Balaban J connectivity index is 2.35. The van der Waals surface area contributed by atoms with Crippen molar-refractivity contribution in [3.63, 3.8) is 0 Å². The van der Waals surface area contributed by atoms with Crippen molar-refractivity contribution < 1.29 is 9.53 Å². The van der Waals surface area contributed by atoms with E-state index in [4.69, 9.17) is 4.74 Å². The predicted molar refractivity (Wildman–Crippen MR) is 74.7 cm³/mol. The summed E-state index contributed by atoms with van der Waals surface area (Å²) in [4.78, 5) is 11.6. The number of amides is 1. The van der Waals surface area contributed by atoms with Crippen molar-refractivity contribution in [2.45, 2.75) is 6.92 Å². The van der Waals surface area contributed by atoms with Crippen LogP contribution >= 0.6 is 11.3 Å². The number of benzene rings is 1. The van der Waals surface area contributed by atoms with E-state index in [1.165, 1.54) is 18.3 Å². The molecule has 0 aliphatic carbocycles. The first-order chi connectivity index (χ1) is 9.11. The fraction of sp³-hybridized carbons (Fsp3) is 0.231. The van der Waals surface area contributed by atoms with Crippen LogP contribution in [-0.2, 0) is 11.8 Å². The zero-order valence-electron chi connectivity index (χ0n) is 11.0. The second-order valence-electron chi connectivity index (χ2n) is 3.97. The highest BCUT2D eigenvalue weighted by Crippen LogP contribution is 2.22. The second kappa shape index (κ2) is 5.71. The Morgan fingerprint density at radius 3 is 2.63 bits per heavy atom. The molecule has 1 heterocycles. The van der Waals surface area contributed by atoms with Crippen LogP contribution in [0.15, 0.2) is 34.7 Å². The SMILES string of the molecule is COc1ccc(-c2csc(=NNC(C)=O)n2C)cc1. The number of aromatic nitrogens is 1. The van der Waals surface area contributed by atoms with Crippen molar-refractivity contribution in [2.24, 2.45) is 12.1 Å². The Labute approximate surface area is 115 Å². The van der Waals surface area contributed by atoms with E-state index in [1.807, 2.05) is 41.3 Å². The number of ether oxygens (including phenoxy) is 1. The maximum atomic E-state index is 10.9. The van der Waals surface area contributed by atoms with Gasteiger partial charge in [0.2, 0.25) is 10.7 Å². The van der Waals surface area contributed by atoms with Gasteiger partial charge in [0.1, 0.15) is 5.75 Å². The molecule has 2 aromatic rings. The maximum absolute atomic E-state index is 10.9. The number of thiazole rings is 1. The van der Waals surface area contributed by atoms with Crippen molar-refractivity contribution in [2.75, 3.05) is 7.11 Å². The van der Waals surface area contributed by atoms with Gasteiger partial charge in [-0.3, -0.25) is 4.79 Å². The van der Waals surface area contributed by atoms with Gasteiger partial charge >= 0.3 is 0 Å². The van der Waals surface area contributed by atoms with Crippen molar-refractivity contribution in [3.8, 4) is 17.0 Å². The van der Waals surface area contributed by atoms with Crippen molar-refractivity contribution >= 4 is 17.2 Å². The maximum Gasteiger partial charge on any atom is 0.237 e. The Bertz CT molecular complexity index is 641. The largest absolute Gasteiger partial charge is 0.497 e. The van der Waals surface area contributed by atoms with Gasteiger partial charge in [0.15, 0.2) is 0 Å². The fourth-order valence-corrected chi connectivity index (χ4v) is 2.49. The standard InChI is InChI=1S/C13H15N3O2S/c1-9(17)14-15-13-16(2)12(8-19-13)10-4-6-11(18-3)7-5-10/h4-8H,1-3H3,(H,14,17). The van der Waals surface area contributed by atoms with Gasteiger partial charge in [-0.1, -0.05) is 0 Å². The van der Waals surface area contributed by atoms with Crippen LogP contribution in [-0.4, -0.2) is 17.6 Å². The van der Waals surface area contributed by atoms with Crippen molar-refractivity contribution in [1.29, 1.82) is 0 Å². The summed E-state index contributed by atoms with van der Waals surface area (Å²) < 4.78 is 7.07. The Morgan fingerprint density at radius 2 is 2.05 bits per heavy atom. The zero-order valence-corrected chi connectivity index (χ0v) is 11.8. The van der Waals surface area contributed by atoms with Gasteiger partial charge in [-0.25, -0.2) is 5.43 Å². The number of nitrogens with zero attached hydrogens (tertiary/aromatic N) is 2. The monoisotopic (exact) mass is 277 g/mol. The molecule has 1 aromatic heterocycles. The zero-order chi connectivity index (χ0) is 13.8. The number of methoxy groups -OCH3 is 1. The first-order valence-corrected chi connectivity index (χ1v) is 6.59. The van der Waals surface area contributed by atoms with E-state index >= 15 is 0 Å². The molecular formula is C13H15N3O2S. The van der Waals surface area contributed by atoms with Crippen LogP contribution < -0.4 is 15.0 Å². The fourth-order valence-electron chi connectivity index (χ4n) is 1.62. The van der Waals surface area contributed by atoms with Gasteiger partial charge in [-0.15, -0.1) is 16.4 Å². The van der Waals surface area contributed by atoms with E-state index in [9.17, 15) is 4.79 Å². The molecule has 2 rings (SSSR count). The van der Waals surface area contributed by atoms with Crippen molar-refractivity contribution in [3.05, 3.63) is 34.4 Å². The topological polar surface area (TPSA) is 55.6 Å². The van der Waals surface area contributed by atoms with Crippen LogP contribution in [0, 0.1) is 0 Å². The van der Waals surface area contributed by atoms with Gasteiger partial charge in [0, 0.05) is 19.4 Å². The van der Waals surface area contributed by atoms with Crippen LogP contribution in [0.2, 0.25) is 0 Å². The molecule has 0 atom stereocenters. The molecule has 1 aromatic carbocycles. The minimum Gasteiger partial charge on any atom is -0.497 e. The molecule has 100 valence electrons. The third kappa shape index (κ3) is 3.03. The van der Waals surface area contributed by atoms with Crippen LogP contribution in [0.1, 0.15) is 6.92 Å². The average molecular weight is 277 g/mol. The molecule has 6 heteroatoms. The molecule has 0 saturated carbocycles. The summed E-state index contributed by atoms with van der Waals surface area (Å²) in [5.41, 5.74) is 4.55. The molecule has 1 N–H and O–H groups in total. The molecule has 0 saturated heterocycles. The van der Waals surface area contributed by atoms with E-state index in [-0.39, 0.29) is 5.91 Å². The van der Waals surface area contributed by atoms with E-state index in [0.29, 0.717) is 0 Å². The lowest BCUT2D eigenvalue weighted by atomic mass is 10.1. The van der Waals surface area contributed by atoms with E-state index in [2.05, 4.69) is 10.5 Å². The third-order valence-corrected chi connectivity index (χ3v) is 3.54. The van der Waals surface area contributed by atoms with Crippen LogP contribution in [0.5, 0.6) is 5.75 Å². The van der Waals surface area contributed by atoms with E-state index in [0.717, 1.165) is 21.8 Å². The lowest BCUT2D eigenvalue weighted by Crippen LogP contribution is -2.21. The number of rotatable bonds is 3. The van der Waals surface area contributed by atoms with Gasteiger partial charge < -0.3 is 9.30 Å². The molecular weight excluding hydrogens is 262 g/mol. The lowest BCUT2D eigenvalue weighted by Gasteiger charge is -2.04. The third-order valence-electron chi connectivity index (χ3n) is 2.62. The Kier molecular flexibility index (Phi) is 4.01. The summed E-state index contributed by atoms with van der Waals surface area (Å²) in [7, 11) is 3.56. The summed E-state index contributed by atoms with van der Waals surface area (Å²) in [5, 5.41) is 6.04. The van der Waals surface area contributed by atoms with Crippen LogP contribution in [0.4, 0.5) is 0 Å². The van der Waals surface area contributed by atoms with Crippen LogP contribution in [0.3, 0.4) is 0 Å². The summed E-state index contributed by atoms with van der Waals surface area (Å²) in [6.07, 6.45) is 0. The average Bonchev–Trinajstić information content (AvgIpc) is 2.78. The lowest BCUT2D eigenvalue weighted by molar-refractivity contribution is -0.119. The van der Waals surface area contributed by atoms with E-state index in [1.54, 1.807) is 7.11 Å². The first kappa shape index (κ1) is 13.4. The molecule has 0 bridgehead atoms. The quantitative estimate of drug-likeness (QED) is 0.868. The Hall–Kier alpha value is -2.08. The number of hydrogen-bond acceptors (Lipinski definition) is 4. The molecule has 0 spiro atoms. The highest BCUT2D eigenvalue weighted by atomic mass is 32.1. The van der Waals surface area contributed by atoms with E-state index < -0.39 is 0 Å². The summed E-state index contributed by atoms with van der Waals surface area (Å²) in [6, 6.07) is 7.81. The number of hydrogen-bond donors (Lipinski definition) is 1. The predicted octanol–water partition coefficient (Wildman–Crippen LogP) is 1.71. The summed E-state index contributed by atoms with van der Waals surface area (Å²) >= 11 is 1.47. The summed E-state index contributed by atoms with van der Waals surface area (Å²) in [5.74, 6) is 0.643. The number of carbonyl (C=O) groups is 1. The summed E-state index contributed by atoms with van der Waals surface area (Å²) in [6.45, 7) is 1.43. The molecule has 5 nitrogen and oxygen atoms in total. The minimum atomic E-state index is -0.181. The molecule has 0 radical (unpaired) electrons. The van der Waals surface area contributed by atoms with Crippen molar-refractivity contribution in [1.82, 2.24) is 9.99 Å². The first-order valence-electron chi connectivity index (χ1n) is 5.71. The second-order valence-corrected chi connectivity index (χ2v) is 4.81. The molecule has 1 amide bonds.